The molecule has 3 rings (SSSR count). The summed E-state index contributed by atoms with van der Waals surface area (Å²) in [5, 5.41) is 12.3. The molecular formula is C13H8Br2ClN5. The summed E-state index contributed by atoms with van der Waals surface area (Å²) in [4.78, 5) is 0. The maximum atomic E-state index is 6.24. The van der Waals surface area contributed by atoms with Gasteiger partial charge in [0.2, 0.25) is 0 Å². The zero-order chi connectivity index (χ0) is 15.0. The minimum absolute atomic E-state index is 0.499. The van der Waals surface area contributed by atoms with Crippen LogP contribution in [-0.2, 0) is 0 Å². The smallest absolute Gasteiger partial charge is 0.188 e. The second-order valence-corrected chi connectivity index (χ2v) is 6.43. The van der Waals surface area contributed by atoms with Crippen molar-refractivity contribution in [3.05, 3.63) is 50.4 Å². The van der Waals surface area contributed by atoms with Gasteiger partial charge in [0.05, 0.1) is 10.7 Å². The van der Waals surface area contributed by atoms with E-state index in [0.29, 0.717) is 22.1 Å². The predicted octanol–water partition coefficient (Wildman–Crippen LogP) is 4.09. The van der Waals surface area contributed by atoms with Crippen molar-refractivity contribution in [2.45, 2.75) is 0 Å². The van der Waals surface area contributed by atoms with Crippen LogP contribution in [0, 0.1) is 0 Å². The first kappa shape index (κ1) is 14.5. The first-order valence-corrected chi connectivity index (χ1v) is 7.82. The molecule has 0 spiro atoms. The third kappa shape index (κ3) is 2.81. The van der Waals surface area contributed by atoms with Crippen LogP contribution in [0.15, 0.2) is 45.3 Å². The molecule has 2 N–H and O–H groups in total. The molecular weight excluding hydrogens is 421 g/mol. The van der Waals surface area contributed by atoms with Crippen molar-refractivity contribution < 1.29 is 0 Å². The van der Waals surface area contributed by atoms with E-state index < -0.39 is 0 Å². The molecule has 1 aromatic heterocycles. The van der Waals surface area contributed by atoms with Crippen molar-refractivity contribution in [1.82, 2.24) is 20.2 Å². The Balaban J connectivity index is 2.17. The Morgan fingerprint density at radius 1 is 1.10 bits per heavy atom. The van der Waals surface area contributed by atoms with Crippen LogP contribution in [0.25, 0.3) is 17.1 Å². The summed E-state index contributed by atoms with van der Waals surface area (Å²) in [6.07, 6.45) is 0. The highest BCUT2D eigenvalue weighted by atomic mass is 79.9. The molecule has 0 amide bonds. The Kier molecular flexibility index (Phi) is 3.97. The standard InChI is InChI=1S/C13H8Br2ClN5/c14-7-1-4-12(10(15)5-7)21-13(18-19-20-21)9-3-2-8(17)6-11(9)16/h1-6H,17H2. The van der Waals surface area contributed by atoms with Gasteiger partial charge in [-0.15, -0.1) is 5.10 Å². The highest BCUT2D eigenvalue weighted by Crippen LogP contribution is 2.31. The minimum atomic E-state index is 0.499. The molecule has 0 aliphatic heterocycles. The van der Waals surface area contributed by atoms with Crippen LogP contribution in [0.5, 0.6) is 0 Å². The fourth-order valence-electron chi connectivity index (χ4n) is 1.88. The Morgan fingerprint density at radius 3 is 2.62 bits per heavy atom. The van der Waals surface area contributed by atoms with Gasteiger partial charge >= 0.3 is 0 Å². The van der Waals surface area contributed by atoms with E-state index in [1.165, 1.54) is 0 Å². The number of nitrogen functional groups attached to an aromatic ring is 1. The molecule has 0 saturated carbocycles. The third-order valence-electron chi connectivity index (χ3n) is 2.84. The number of hydrogen-bond donors (Lipinski definition) is 1. The highest BCUT2D eigenvalue weighted by Gasteiger charge is 2.15. The molecule has 0 radical (unpaired) electrons. The SMILES string of the molecule is Nc1ccc(-c2nnnn2-c2ccc(Br)cc2Br)c(Cl)c1. The minimum Gasteiger partial charge on any atom is -0.399 e. The monoisotopic (exact) mass is 427 g/mol. The lowest BCUT2D eigenvalue weighted by atomic mass is 10.2. The van der Waals surface area contributed by atoms with Gasteiger partial charge in [-0.05, 0) is 62.8 Å². The molecule has 0 unspecified atom stereocenters. The van der Waals surface area contributed by atoms with Gasteiger partial charge in [-0.2, -0.15) is 4.68 Å². The number of nitrogens with two attached hydrogens (primary N) is 1. The molecule has 0 aliphatic rings. The number of tetrazole rings is 1. The lowest BCUT2D eigenvalue weighted by Crippen LogP contribution is -2.01. The van der Waals surface area contributed by atoms with E-state index >= 15 is 0 Å². The second-order valence-electron chi connectivity index (χ2n) is 4.25. The van der Waals surface area contributed by atoms with E-state index in [4.69, 9.17) is 17.3 Å². The molecule has 21 heavy (non-hydrogen) atoms. The number of benzene rings is 2. The van der Waals surface area contributed by atoms with Crippen molar-refractivity contribution in [3.8, 4) is 17.1 Å². The van der Waals surface area contributed by atoms with Gasteiger partial charge in [0.15, 0.2) is 5.82 Å². The van der Waals surface area contributed by atoms with E-state index in [0.717, 1.165) is 14.6 Å². The van der Waals surface area contributed by atoms with E-state index in [1.54, 1.807) is 22.9 Å². The first-order valence-electron chi connectivity index (χ1n) is 5.85. The van der Waals surface area contributed by atoms with Gasteiger partial charge in [0.25, 0.3) is 0 Å². The van der Waals surface area contributed by atoms with E-state index in [1.807, 2.05) is 18.2 Å². The first-order chi connectivity index (χ1) is 10.1. The number of hydrogen-bond acceptors (Lipinski definition) is 4. The van der Waals surface area contributed by atoms with Crippen LogP contribution in [0.2, 0.25) is 5.02 Å². The van der Waals surface area contributed by atoms with Crippen LogP contribution in [0.3, 0.4) is 0 Å². The van der Waals surface area contributed by atoms with E-state index in [9.17, 15) is 0 Å². The maximum Gasteiger partial charge on any atom is 0.188 e. The number of rotatable bonds is 2. The zero-order valence-corrected chi connectivity index (χ0v) is 14.4. The molecule has 5 nitrogen and oxygen atoms in total. The number of halogens is 3. The van der Waals surface area contributed by atoms with E-state index in [-0.39, 0.29) is 0 Å². The molecule has 2 aromatic carbocycles. The van der Waals surface area contributed by atoms with Crippen LogP contribution in [0.1, 0.15) is 0 Å². The van der Waals surface area contributed by atoms with E-state index in [2.05, 4.69) is 47.4 Å². The highest BCUT2D eigenvalue weighted by molar-refractivity contribution is 9.11. The number of nitrogens with zero attached hydrogens (tertiary/aromatic N) is 4. The molecule has 1 heterocycles. The average Bonchev–Trinajstić information content (AvgIpc) is 2.87. The summed E-state index contributed by atoms with van der Waals surface area (Å²) in [6, 6.07) is 11.0. The van der Waals surface area contributed by atoms with Crippen LogP contribution < -0.4 is 5.73 Å². The lowest BCUT2D eigenvalue weighted by molar-refractivity contribution is 0.789. The summed E-state index contributed by atoms with van der Waals surface area (Å²) in [6.45, 7) is 0. The Hall–Kier alpha value is -1.44. The Bertz CT molecular complexity index is 752. The van der Waals surface area contributed by atoms with Gasteiger partial charge in [-0.1, -0.05) is 27.5 Å². The Labute approximate surface area is 142 Å². The second kappa shape index (κ2) is 5.75. The van der Waals surface area contributed by atoms with Crippen LogP contribution in [0.4, 0.5) is 5.69 Å². The van der Waals surface area contributed by atoms with Crippen LogP contribution in [-0.4, -0.2) is 20.2 Å². The van der Waals surface area contributed by atoms with Gasteiger partial charge in [0.1, 0.15) is 0 Å². The summed E-state index contributed by atoms with van der Waals surface area (Å²) < 4.78 is 3.43. The fourth-order valence-corrected chi connectivity index (χ4v) is 3.37. The molecule has 8 heteroatoms. The quantitative estimate of drug-likeness (QED) is 0.623. The number of aromatic nitrogens is 4. The zero-order valence-electron chi connectivity index (χ0n) is 10.5. The fraction of sp³-hybridized carbons (Fsp3) is 0. The summed E-state index contributed by atoms with van der Waals surface area (Å²) in [5.74, 6) is 0.544. The van der Waals surface area contributed by atoms with Gasteiger partial charge in [0, 0.05) is 20.2 Å². The summed E-state index contributed by atoms with van der Waals surface area (Å²) in [7, 11) is 0. The van der Waals surface area contributed by atoms with Crippen molar-refractivity contribution in [2.75, 3.05) is 5.73 Å². The molecule has 0 aliphatic carbocycles. The largest absolute Gasteiger partial charge is 0.399 e. The third-order valence-corrected chi connectivity index (χ3v) is 4.28. The maximum absolute atomic E-state index is 6.24. The van der Waals surface area contributed by atoms with Gasteiger partial charge in [-0.25, -0.2) is 0 Å². The predicted molar refractivity (Wildman–Crippen MR) is 89.4 cm³/mol. The van der Waals surface area contributed by atoms with Gasteiger partial charge < -0.3 is 5.73 Å². The molecule has 3 aromatic rings. The van der Waals surface area contributed by atoms with Crippen molar-refractivity contribution in [2.24, 2.45) is 0 Å². The summed E-state index contributed by atoms with van der Waals surface area (Å²) in [5.41, 5.74) is 7.83. The molecule has 0 bridgehead atoms. The Morgan fingerprint density at radius 2 is 1.90 bits per heavy atom. The van der Waals surface area contributed by atoms with Gasteiger partial charge in [-0.3, -0.25) is 0 Å². The number of anilines is 1. The molecule has 0 saturated heterocycles. The molecule has 0 fully saturated rings. The topological polar surface area (TPSA) is 69.6 Å². The lowest BCUT2D eigenvalue weighted by Gasteiger charge is -2.08. The van der Waals surface area contributed by atoms with Crippen molar-refractivity contribution in [1.29, 1.82) is 0 Å². The van der Waals surface area contributed by atoms with Crippen molar-refractivity contribution >= 4 is 49.1 Å². The molecule has 106 valence electrons. The van der Waals surface area contributed by atoms with Crippen molar-refractivity contribution in [3.63, 3.8) is 0 Å². The molecule has 0 atom stereocenters. The normalized spacial score (nSPS) is 10.8. The average molecular weight is 430 g/mol. The summed E-state index contributed by atoms with van der Waals surface area (Å²) >= 11 is 13.2. The van der Waals surface area contributed by atoms with Crippen LogP contribution >= 0.6 is 43.5 Å².